The van der Waals surface area contributed by atoms with E-state index in [2.05, 4.69) is 37.4 Å². The van der Waals surface area contributed by atoms with Gasteiger partial charge >= 0.3 is 12.0 Å². The molecular weight excluding hydrogens is 406 g/mol. The monoisotopic (exact) mass is 431 g/mol. The number of nitrogens with one attached hydrogen (secondary N) is 2. The van der Waals surface area contributed by atoms with Crippen molar-refractivity contribution in [2.24, 2.45) is 5.92 Å². The third kappa shape index (κ3) is 4.45. The second-order valence-corrected chi connectivity index (χ2v) is 8.58. The van der Waals surface area contributed by atoms with Gasteiger partial charge in [0.1, 0.15) is 22.1 Å². The zero-order valence-electron chi connectivity index (χ0n) is 16.8. The number of aromatic carboxylic acids is 1. The van der Waals surface area contributed by atoms with Gasteiger partial charge in [-0.25, -0.2) is 24.5 Å². The van der Waals surface area contributed by atoms with Gasteiger partial charge in [-0.05, 0) is 18.8 Å². The molecule has 3 N–H and O–H groups in total. The first kappa shape index (κ1) is 20.3. The van der Waals surface area contributed by atoms with Crippen LogP contribution in [0, 0.1) is 5.92 Å². The molecule has 1 atom stereocenters. The minimum atomic E-state index is -1.01. The highest BCUT2D eigenvalue weighted by atomic mass is 32.1. The van der Waals surface area contributed by atoms with Crippen LogP contribution in [-0.4, -0.2) is 76.2 Å². The van der Waals surface area contributed by atoms with Crippen LogP contribution in [0.5, 0.6) is 0 Å². The second-order valence-electron chi connectivity index (χ2n) is 7.61. The number of hydrogen-bond donors (Lipinski definition) is 3. The summed E-state index contributed by atoms with van der Waals surface area (Å²) in [6, 6.07) is -0.0538. The lowest BCUT2D eigenvalue weighted by Crippen LogP contribution is -2.34. The van der Waals surface area contributed by atoms with E-state index in [4.69, 9.17) is 0 Å². The zero-order valence-corrected chi connectivity index (χ0v) is 17.6. The van der Waals surface area contributed by atoms with Crippen molar-refractivity contribution in [2.75, 3.05) is 49.5 Å². The largest absolute Gasteiger partial charge is 0.477 e. The highest BCUT2D eigenvalue weighted by Gasteiger charge is 2.25. The number of urea groups is 1. The first-order valence-corrected chi connectivity index (χ1v) is 10.9. The van der Waals surface area contributed by atoms with Crippen molar-refractivity contribution in [1.82, 2.24) is 25.2 Å². The normalized spacial score (nSPS) is 19.1. The van der Waals surface area contributed by atoms with Crippen molar-refractivity contribution in [2.45, 2.75) is 19.8 Å². The first-order chi connectivity index (χ1) is 14.5. The summed E-state index contributed by atoms with van der Waals surface area (Å²) in [6.45, 7) is 6.47. The number of aromatic nitrogens is 3. The van der Waals surface area contributed by atoms with E-state index in [1.807, 2.05) is 0 Å². The Labute approximate surface area is 178 Å². The van der Waals surface area contributed by atoms with Crippen LogP contribution in [0.1, 0.15) is 29.4 Å². The van der Waals surface area contributed by atoms with Gasteiger partial charge in [0.25, 0.3) is 0 Å². The van der Waals surface area contributed by atoms with Crippen LogP contribution in [0.15, 0.2) is 12.4 Å². The van der Waals surface area contributed by atoms with Crippen molar-refractivity contribution in [3.63, 3.8) is 0 Å². The van der Waals surface area contributed by atoms with Gasteiger partial charge in [0.05, 0.1) is 12.4 Å². The average molecular weight is 432 g/mol. The first-order valence-electron chi connectivity index (χ1n) is 10.1. The van der Waals surface area contributed by atoms with Gasteiger partial charge in [-0.15, -0.1) is 0 Å². The van der Waals surface area contributed by atoms with E-state index >= 15 is 0 Å². The average Bonchev–Trinajstić information content (AvgIpc) is 3.36. The van der Waals surface area contributed by atoms with E-state index in [1.54, 1.807) is 11.1 Å². The Hall–Kier alpha value is -2.95. The fraction of sp³-hybridized carbons (Fsp3) is 0.526. The van der Waals surface area contributed by atoms with Crippen molar-refractivity contribution in [3.8, 4) is 11.4 Å². The lowest BCUT2D eigenvalue weighted by atomic mass is 10.0. The lowest BCUT2D eigenvalue weighted by Gasteiger charge is -2.30. The molecule has 0 saturated carbocycles. The molecule has 10 nitrogen and oxygen atoms in total. The predicted octanol–water partition coefficient (Wildman–Crippen LogP) is 1.97. The van der Waals surface area contributed by atoms with Gasteiger partial charge in [0, 0.05) is 39.3 Å². The number of thiazole rings is 1. The smallest absolute Gasteiger partial charge is 0.348 e. The predicted molar refractivity (Wildman–Crippen MR) is 114 cm³/mol. The number of amides is 2. The number of carbonyl (C=O) groups is 2. The molecule has 0 bridgehead atoms. The molecule has 0 spiro atoms. The Balaban J connectivity index is 1.45. The molecule has 30 heavy (non-hydrogen) atoms. The molecule has 11 heteroatoms. The molecule has 2 aliphatic heterocycles. The molecule has 4 rings (SSSR count). The number of nitrogens with zero attached hydrogens (tertiary/aromatic N) is 5. The van der Waals surface area contributed by atoms with E-state index < -0.39 is 5.97 Å². The summed E-state index contributed by atoms with van der Waals surface area (Å²) in [5.74, 6) is 0.124. The molecule has 0 aromatic carbocycles. The molecule has 160 valence electrons. The molecule has 2 saturated heterocycles. The molecule has 2 fully saturated rings. The lowest BCUT2D eigenvalue weighted by molar-refractivity contribution is 0.0702. The van der Waals surface area contributed by atoms with Gasteiger partial charge in [-0.1, -0.05) is 18.3 Å². The van der Waals surface area contributed by atoms with Crippen molar-refractivity contribution in [1.29, 1.82) is 0 Å². The summed E-state index contributed by atoms with van der Waals surface area (Å²) in [4.78, 5) is 40.7. The Kier molecular flexibility index (Phi) is 5.98. The molecule has 0 unspecified atom stereocenters. The second kappa shape index (κ2) is 8.82. The fourth-order valence-electron chi connectivity index (χ4n) is 3.71. The minimum absolute atomic E-state index is 0.0538. The summed E-state index contributed by atoms with van der Waals surface area (Å²) >= 11 is 1.19. The number of carboxylic acid groups (broad SMARTS) is 1. The van der Waals surface area contributed by atoms with Crippen LogP contribution in [0.3, 0.4) is 0 Å². The van der Waals surface area contributed by atoms with Crippen molar-refractivity contribution >= 4 is 34.3 Å². The number of anilines is 2. The van der Waals surface area contributed by atoms with E-state index in [9.17, 15) is 14.7 Å². The Morgan fingerprint density at radius 1 is 1.37 bits per heavy atom. The SMILES string of the molecule is C[C@@H]1CCCN(c2nc(-c3cnc(NCCN4CCNC4=O)cn3)c(C(=O)O)s2)C1. The highest BCUT2D eigenvalue weighted by molar-refractivity contribution is 7.17. The molecule has 2 aliphatic rings. The number of carbonyl (C=O) groups excluding carboxylic acids is 1. The Morgan fingerprint density at radius 3 is 2.90 bits per heavy atom. The van der Waals surface area contributed by atoms with Crippen molar-refractivity contribution < 1.29 is 14.7 Å². The number of hydrogen-bond acceptors (Lipinski definition) is 8. The molecule has 2 aromatic heterocycles. The summed E-state index contributed by atoms with van der Waals surface area (Å²) in [5.41, 5.74) is 0.790. The maximum atomic E-state index is 11.8. The van der Waals surface area contributed by atoms with E-state index in [1.165, 1.54) is 24.0 Å². The zero-order chi connectivity index (χ0) is 21.1. The Morgan fingerprint density at radius 2 is 2.23 bits per heavy atom. The summed E-state index contributed by atoms with van der Waals surface area (Å²) in [6.07, 6.45) is 5.36. The Bertz CT molecular complexity index is 917. The highest BCUT2D eigenvalue weighted by Crippen LogP contribution is 2.34. The maximum absolute atomic E-state index is 11.8. The van der Waals surface area contributed by atoms with Crippen LogP contribution < -0.4 is 15.5 Å². The quantitative estimate of drug-likeness (QED) is 0.608. The topological polar surface area (TPSA) is 124 Å². The summed E-state index contributed by atoms with van der Waals surface area (Å²) in [7, 11) is 0. The van der Waals surface area contributed by atoms with Crippen LogP contribution in [0.2, 0.25) is 0 Å². The van der Waals surface area contributed by atoms with E-state index in [0.29, 0.717) is 49.3 Å². The van der Waals surface area contributed by atoms with Crippen LogP contribution in [-0.2, 0) is 0 Å². The molecule has 4 heterocycles. The summed E-state index contributed by atoms with van der Waals surface area (Å²) < 4.78 is 0. The van der Waals surface area contributed by atoms with E-state index in [-0.39, 0.29) is 10.9 Å². The molecule has 2 aromatic rings. The van der Waals surface area contributed by atoms with Crippen molar-refractivity contribution in [3.05, 3.63) is 17.3 Å². The van der Waals surface area contributed by atoms with Gasteiger partial charge in [-0.2, -0.15) is 0 Å². The maximum Gasteiger partial charge on any atom is 0.348 e. The van der Waals surface area contributed by atoms with E-state index in [0.717, 1.165) is 24.6 Å². The van der Waals surface area contributed by atoms with Crippen LogP contribution in [0.25, 0.3) is 11.4 Å². The van der Waals surface area contributed by atoms with Crippen LogP contribution >= 0.6 is 11.3 Å². The number of rotatable bonds is 7. The number of carboxylic acids is 1. The standard InChI is InChI=1S/C19H25N7O3S/c1-12-3-2-6-26(11-12)19-24-15(16(30-19)17(27)28)13-9-23-14(10-22-13)20-4-7-25-8-5-21-18(25)29/h9-10,12H,2-8,11H2,1H3,(H,20,23)(H,21,29)(H,27,28)/t12-/m1/s1. The number of piperidine rings is 1. The molecule has 2 amide bonds. The molecule has 0 radical (unpaired) electrons. The molecular formula is C19H25N7O3S. The fourth-order valence-corrected chi connectivity index (χ4v) is 4.66. The van der Waals surface area contributed by atoms with Gasteiger partial charge in [-0.3, -0.25) is 0 Å². The summed E-state index contributed by atoms with van der Waals surface area (Å²) in [5, 5.41) is 16.3. The van der Waals surface area contributed by atoms with Crippen LogP contribution in [0.4, 0.5) is 15.7 Å². The van der Waals surface area contributed by atoms with Gasteiger partial charge < -0.3 is 25.5 Å². The minimum Gasteiger partial charge on any atom is -0.477 e. The van der Waals surface area contributed by atoms with Gasteiger partial charge in [0.15, 0.2) is 5.13 Å². The van der Waals surface area contributed by atoms with Gasteiger partial charge in [0.2, 0.25) is 0 Å². The molecule has 0 aliphatic carbocycles. The third-order valence-corrected chi connectivity index (χ3v) is 6.37. The third-order valence-electron chi connectivity index (χ3n) is 5.27.